The number of halogens is 2. The van der Waals surface area contributed by atoms with E-state index >= 15 is 0 Å². The quantitative estimate of drug-likeness (QED) is 0.745. The van der Waals surface area contributed by atoms with Crippen molar-refractivity contribution in [3.05, 3.63) is 70.5 Å². The Balaban J connectivity index is 1.83. The molecule has 0 bridgehead atoms. The lowest BCUT2D eigenvalue weighted by molar-refractivity contribution is 0.583. The van der Waals surface area contributed by atoms with Gasteiger partial charge in [0.1, 0.15) is 5.83 Å². The minimum atomic E-state index is -0.0228. The van der Waals surface area contributed by atoms with E-state index in [0.717, 1.165) is 34.3 Å². The molecule has 3 heteroatoms. The van der Waals surface area contributed by atoms with E-state index in [-0.39, 0.29) is 5.83 Å². The second-order valence-electron chi connectivity index (χ2n) is 4.90. The van der Waals surface area contributed by atoms with Crippen LogP contribution >= 0.6 is 15.9 Å². The molecule has 0 aromatic heterocycles. The smallest absolute Gasteiger partial charge is 0.123 e. The summed E-state index contributed by atoms with van der Waals surface area (Å²) in [5.74, 6) is -0.0228. The highest BCUT2D eigenvalue weighted by molar-refractivity contribution is 9.10. The van der Waals surface area contributed by atoms with Crippen molar-refractivity contribution < 1.29 is 4.39 Å². The molecule has 2 aromatic rings. The van der Waals surface area contributed by atoms with E-state index in [9.17, 15) is 4.39 Å². The van der Waals surface area contributed by atoms with Gasteiger partial charge in [-0.15, -0.1) is 0 Å². The van der Waals surface area contributed by atoms with Gasteiger partial charge in [0.05, 0.1) is 6.54 Å². The van der Waals surface area contributed by atoms with Crippen LogP contribution < -0.4 is 4.90 Å². The number of benzene rings is 2. The van der Waals surface area contributed by atoms with Crippen molar-refractivity contribution in [3.63, 3.8) is 0 Å². The number of anilines is 1. The van der Waals surface area contributed by atoms with E-state index in [1.165, 1.54) is 0 Å². The van der Waals surface area contributed by atoms with Crippen LogP contribution in [0.15, 0.2) is 64.9 Å². The van der Waals surface area contributed by atoms with Crippen LogP contribution in [0.5, 0.6) is 0 Å². The Morgan fingerprint density at radius 1 is 0.950 bits per heavy atom. The van der Waals surface area contributed by atoms with Crippen molar-refractivity contribution in [2.75, 3.05) is 18.0 Å². The maximum absolute atomic E-state index is 14.4. The van der Waals surface area contributed by atoms with E-state index in [1.807, 2.05) is 54.6 Å². The standard InChI is InChI=1S/C17H15BrFN/c18-14-6-8-15(9-7-14)20-11-10-16(17(19)12-20)13-4-2-1-3-5-13/h1-9H,10-12H2. The summed E-state index contributed by atoms with van der Waals surface area (Å²) >= 11 is 3.42. The lowest BCUT2D eigenvalue weighted by Gasteiger charge is -2.30. The molecule has 0 saturated carbocycles. The van der Waals surface area contributed by atoms with Crippen LogP contribution in [0.2, 0.25) is 0 Å². The summed E-state index contributed by atoms with van der Waals surface area (Å²) in [5, 5.41) is 0. The molecule has 102 valence electrons. The van der Waals surface area contributed by atoms with Crippen molar-refractivity contribution in [1.82, 2.24) is 0 Å². The van der Waals surface area contributed by atoms with Gasteiger partial charge in [0.2, 0.25) is 0 Å². The molecule has 1 nitrogen and oxygen atoms in total. The Morgan fingerprint density at radius 3 is 2.30 bits per heavy atom. The van der Waals surface area contributed by atoms with Gasteiger partial charge < -0.3 is 4.90 Å². The monoisotopic (exact) mass is 331 g/mol. The number of hydrogen-bond donors (Lipinski definition) is 0. The van der Waals surface area contributed by atoms with Gasteiger partial charge in [-0.25, -0.2) is 4.39 Å². The highest BCUT2D eigenvalue weighted by atomic mass is 79.9. The summed E-state index contributed by atoms with van der Waals surface area (Å²) in [6.07, 6.45) is 0.742. The molecule has 2 aromatic carbocycles. The molecular formula is C17H15BrFN. The van der Waals surface area contributed by atoms with E-state index in [2.05, 4.69) is 20.8 Å². The first kappa shape index (κ1) is 13.4. The second kappa shape index (κ2) is 5.80. The van der Waals surface area contributed by atoms with Crippen LogP contribution in [0.25, 0.3) is 5.57 Å². The number of nitrogens with zero attached hydrogens (tertiary/aromatic N) is 1. The fourth-order valence-corrected chi connectivity index (χ4v) is 2.80. The van der Waals surface area contributed by atoms with Gasteiger partial charge in [-0.3, -0.25) is 0 Å². The van der Waals surface area contributed by atoms with E-state index in [4.69, 9.17) is 0 Å². The van der Waals surface area contributed by atoms with Gasteiger partial charge >= 0.3 is 0 Å². The molecule has 0 amide bonds. The molecular weight excluding hydrogens is 317 g/mol. The molecule has 20 heavy (non-hydrogen) atoms. The Labute approximate surface area is 126 Å². The third-order valence-corrected chi connectivity index (χ3v) is 4.13. The van der Waals surface area contributed by atoms with Gasteiger partial charge in [0.25, 0.3) is 0 Å². The second-order valence-corrected chi connectivity index (χ2v) is 5.81. The van der Waals surface area contributed by atoms with Crippen LogP contribution in [0, 0.1) is 0 Å². The lowest BCUT2D eigenvalue weighted by atomic mass is 9.98. The van der Waals surface area contributed by atoms with Gasteiger partial charge in [0.15, 0.2) is 0 Å². The Hall–Kier alpha value is -1.61. The van der Waals surface area contributed by atoms with Gasteiger partial charge in [0, 0.05) is 16.7 Å². The molecule has 0 unspecified atom stereocenters. The molecule has 0 spiro atoms. The fraction of sp³-hybridized carbons (Fsp3) is 0.176. The molecule has 0 aliphatic carbocycles. The largest absolute Gasteiger partial charge is 0.364 e. The van der Waals surface area contributed by atoms with Crippen LogP contribution in [0.1, 0.15) is 12.0 Å². The zero-order valence-electron chi connectivity index (χ0n) is 11.0. The van der Waals surface area contributed by atoms with Crippen LogP contribution in [0.4, 0.5) is 10.1 Å². The average molecular weight is 332 g/mol. The van der Waals surface area contributed by atoms with Crippen LogP contribution in [0.3, 0.4) is 0 Å². The zero-order valence-corrected chi connectivity index (χ0v) is 12.6. The molecule has 0 saturated heterocycles. The maximum Gasteiger partial charge on any atom is 0.123 e. The Bertz CT molecular complexity index is 619. The van der Waals surface area contributed by atoms with Crippen molar-refractivity contribution in [2.24, 2.45) is 0 Å². The van der Waals surface area contributed by atoms with E-state index < -0.39 is 0 Å². The number of rotatable bonds is 2. The van der Waals surface area contributed by atoms with Crippen molar-refractivity contribution >= 4 is 27.2 Å². The van der Waals surface area contributed by atoms with Crippen LogP contribution in [-0.2, 0) is 0 Å². The molecule has 0 N–H and O–H groups in total. The highest BCUT2D eigenvalue weighted by Crippen LogP contribution is 2.31. The summed E-state index contributed by atoms with van der Waals surface area (Å²) in [6, 6.07) is 17.8. The minimum Gasteiger partial charge on any atom is -0.364 e. The zero-order chi connectivity index (χ0) is 13.9. The van der Waals surface area contributed by atoms with Gasteiger partial charge in [-0.05, 0) is 41.8 Å². The molecule has 1 aliphatic heterocycles. The summed E-state index contributed by atoms with van der Waals surface area (Å²) in [6.45, 7) is 1.20. The molecule has 1 heterocycles. The molecule has 0 radical (unpaired) electrons. The summed E-state index contributed by atoms with van der Waals surface area (Å²) in [5.41, 5.74) is 2.91. The van der Waals surface area contributed by atoms with Crippen molar-refractivity contribution in [2.45, 2.75) is 6.42 Å². The first-order chi connectivity index (χ1) is 9.74. The minimum absolute atomic E-state index is 0.0228. The highest BCUT2D eigenvalue weighted by Gasteiger charge is 2.20. The normalized spacial score (nSPS) is 15.6. The predicted molar refractivity (Wildman–Crippen MR) is 85.4 cm³/mol. The molecule has 0 atom stereocenters. The summed E-state index contributed by atoms with van der Waals surface area (Å²) in [4.78, 5) is 2.08. The Kier molecular flexibility index (Phi) is 3.88. The van der Waals surface area contributed by atoms with Gasteiger partial charge in [-0.2, -0.15) is 0 Å². The van der Waals surface area contributed by atoms with Crippen LogP contribution in [-0.4, -0.2) is 13.1 Å². The molecule has 3 rings (SSSR count). The summed E-state index contributed by atoms with van der Waals surface area (Å²) < 4.78 is 15.4. The van der Waals surface area contributed by atoms with Gasteiger partial charge in [-0.1, -0.05) is 46.3 Å². The molecule has 0 fully saturated rings. The first-order valence-electron chi connectivity index (χ1n) is 6.67. The first-order valence-corrected chi connectivity index (χ1v) is 7.47. The number of hydrogen-bond acceptors (Lipinski definition) is 1. The lowest BCUT2D eigenvalue weighted by Crippen LogP contribution is -2.30. The SMILES string of the molecule is FC1=C(c2ccccc2)CCN(c2ccc(Br)cc2)C1. The predicted octanol–water partition coefficient (Wildman–Crippen LogP) is 5.04. The average Bonchev–Trinajstić information content (AvgIpc) is 2.49. The van der Waals surface area contributed by atoms with E-state index in [0.29, 0.717) is 6.54 Å². The molecule has 1 aliphatic rings. The van der Waals surface area contributed by atoms with E-state index in [1.54, 1.807) is 0 Å². The topological polar surface area (TPSA) is 3.24 Å². The summed E-state index contributed by atoms with van der Waals surface area (Å²) in [7, 11) is 0. The fourth-order valence-electron chi connectivity index (χ4n) is 2.54. The third-order valence-electron chi connectivity index (χ3n) is 3.60. The third kappa shape index (κ3) is 2.78. The van der Waals surface area contributed by atoms with Crippen molar-refractivity contribution in [1.29, 1.82) is 0 Å². The van der Waals surface area contributed by atoms with Crippen molar-refractivity contribution in [3.8, 4) is 0 Å². The maximum atomic E-state index is 14.4. The Morgan fingerprint density at radius 2 is 1.65 bits per heavy atom.